The lowest BCUT2D eigenvalue weighted by Gasteiger charge is -2.11. The molecule has 4 nitrogen and oxygen atoms in total. The lowest BCUT2D eigenvalue weighted by molar-refractivity contribution is 0.109. The van der Waals surface area contributed by atoms with E-state index in [1.807, 2.05) is 31.3 Å². The lowest BCUT2D eigenvalue weighted by Crippen LogP contribution is -2.13. The van der Waals surface area contributed by atoms with Crippen molar-refractivity contribution in [1.82, 2.24) is 10.3 Å². The molecule has 0 radical (unpaired) electrons. The van der Waals surface area contributed by atoms with Crippen molar-refractivity contribution in [2.75, 3.05) is 26.4 Å². The number of pyridine rings is 1. The van der Waals surface area contributed by atoms with Crippen LogP contribution in [0.15, 0.2) is 30.5 Å². The molecule has 0 aliphatic heterocycles. The first kappa shape index (κ1) is 14.8. The molecule has 2 aromatic rings. The number of fused-ring (bicyclic) bond motifs is 1. The van der Waals surface area contributed by atoms with Crippen molar-refractivity contribution in [3.05, 3.63) is 36.0 Å². The SMILES string of the molecule is CCNCc1cnc(OCCOCC)c2ccccc12. The van der Waals surface area contributed by atoms with E-state index in [9.17, 15) is 0 Å². The fourth-order valence-corrected chi connectivity index (χ4v) is 2.08. The van der Waals surface area contributed by atoms with E-state index in [1.165, 1.54) is 10.9 Å². The summed E-state index contributed by atoms with van der Waals surface area (Å²) in [7, 11) is 0. The maximum atomic E-state index is 5.72. The van der Waals surface area contributed by atoms with Crippen LogP contribution in [0.4, 0.5) is 0 Å². The van der Waals surface area contributed by atoms with Gasteiger partial charge in [0.15, 0.2) is 0 Å². The Morgan fingerprint density at radius 2 is 1.90 bits per heavy atom. The van der Waals surface area contributed by atoms with Gasteiger partial charge in [0.25, 0.3) is 0 Å². The summed E-state index contributed by atoms with van der Waals surface area (Å²) >= 11 is 0. The summed E-state index contributed by atoms with van der Waals surface area (Å²) in [6.45, 7) is 7.66. The minimum atomic E-state index is 0.525. The highest BCUT2D eigenvalue weighted by Crippen LogP contribution is 2.26. The lowest BCUT2D eigenvalue weighted by atomic mass is 10.1. The molecular formula is C16H22N2O2. The van der Waals surface area contributed by atoms with Crippen LogP contribution in [0.5, 0.6) is 5.88 Å². The summed E-state index contributed by atoms with van der Waals surface area (Å²) in [4.78, 5) is 4.44. The van der Waals surface area contributed by atoms with Crippen LogP contribution in [-0.2, 0) is 11.3 Å². The average Bonchev–Trinajstić information content (AvgIpc) is 2.50. The maximum Gasteiger partial charge on any atom is 0.221 e. The van der Waals surface area contributed by atoms with Crippen LogP contribution in [-0.4, -0.2) is 31.3 Å². The van der Waals surface area contributed by atoms with Gasteiger partial charge in [-0.25, -0.2) is 4.98 Å². The van der Waals surface area contributed by atoms with Gasteiger partial charge >= 0.3 is 0 Å². The van der Waals surface area contributed by atoms with Gasteiger partial charge in [-0.15, -0.1) is 0 Å². The normalized spacial score (nSPS) is 10.9. The van der Waals surface area contributed by atoms with Crippen molar-refractivity contribution < 1.29 is 9.47 Å². The smallest absolute Gasteiger partial charge is 0.221 e. The van der Waals surface area contributed by atoms with Crippen LogP contribution in [0.1, 0.15) is 19.4 Å². The number of hydrogen-bond donors (Lipinski definition) is 1. The van der Waals surface area contributed by atoms with Crippen molar-refractivity contribution in [2.24, 2.45) is 0 Å². The van der Waals surface area contributed by atoms with Crippen LogP contribution in [0.2, 0.25) is 0 Å². The third-order valence-electron chi connectivity index (χ3n) is 3.08. The molecule has 1 aromatic heterocycles. The molecule has 0 atom stereocenters. The highest BCUT2D eigenvalue weighted by Gasteiger charge is 2.07. The van der Waals surface area contributed by atoms with Crippen LogP contribution in [0, 0.1) is 0 Å². The molecule has 4 heteroatoms. The molecular weight excluding hydrogens is 252 g/mol. The molecule has 0 saturated heterocycles. The first-order valence-electron chi connectivity index (χ1n) is 7.14. The quantitative estimate of drug-likeness (QED) is 0.752. The van der Waals surface area contributed by atoms with Crippen LogP contribution < -0.4 is 10.1 Å². The van der Waals surface area contributed by atoms with E-state index < -0.39 is 0 Å². The van der Waals surface area contributed by atoms with Crippen LogP contribution in [0.3, 0.4) is 0 Å². The number of ether oxygens (including phenoxy) is 2. The van der Waals surface area contributed by atoms with E-state index in [1.54, 1.807) is 0 Å². The summed E-state index contributed by atoms with van der Waals surface area (Å²) in [5, 5.41) is 5.58. The zero-order valence-electron chi connectivity index (χ0n) is 12.2. The van der Waals surface area contributed by atoms with E-state index in [0.717, 1.165) is 18.5 Å². The Morgan fingerprint density at radius 3 is 2.65 bits per heavy atom. The van der Waals surface area contributed by atoms with Gasteiger partial charge in [0.05, 0.1) is 6.61 Å². The second kappa shape index (κ2) is 7.82. The molecule has 0 bridgehead atoms. The Morgan fingerprint density at radius 1 is 1.10 bits per heavy atom. The molecule has 0 fully saturated rings. The Balaban J connectivity index is 2.19. The molecule has 0 aliphatic rings. The number of nitrogens with one attached hydrogen (secondary N) is 1. The summed E-state index contributed by atoms with van der Waals surface area (Å²) in [5.74, 6) is 0.681. The largest absolute Gasteiger partial charge is 0.475 e. The van der Waals surface area contributed by atoms with E-state index in [-0.39, 0.29) is 0 Å². The number of benzene rings is 1. The monoisotopic (exact) mass is 274 g/mol. The average molecular weight is 274 g/mol. The second-order valence-electron chi connectivity index (χ2n) is 4.46. The molecule has 0 amide bonds. The first-order chi connectivity index (χ1) is 9.86. The summed E-state index contributed by atoms with van der Waals surface area (Å²) in [5.41, 5.74) is 1.19. The Hall–Kier alpha value is -1.65. The summed E-state index contributed by atoms with van der Waals surface area (Å²) in [6.07, 6.45) is 1.89. The topological polar surface area (TPSA) is 43.4 Å². The molecule has 1 N–H and O–H groups in total. The van der Waals surface area contributed by atoms with E-state index in [2.05, 4.69) is 23.3 Å². The summed E-state index contributed by atoms with van der Waals surface area (Å²) in [6, 6.07) is 8.21. The van der Waals surface area contributed by atoms with Crippen LogP contribution >= 0.6 is 0 Å². The van der Waals surface area contributed by atoms with Crippen LogP contribution in [0.25, 0.3) is 10.8 Å². The van der Waals surface area contributed by atoms with Gasteiger partial charge in [-0.05, 0) is 30.5 Å². The minimum absolute atomic E-state index is 0.525. The van der Waals surface area contributed by atoms with Crippen molar-refractivity contribution in [3.8, 4) is 5.88 Å². The standard InChI is InChI=1S/C16H22N2O2/c1-3-17-11-13-12-18-16(20-10-9-19-4-2)15-8-6-5-7-14(13)15/h5-8,12,17H,3-4,9-11H2,1-2H3. The zero-order valence-corrected chi connectivity index (χ0v) is 12.2. The predicted octanol–water partition coefficient (Wildman–Crippen LogP) is 2.76. The van der Waals surface area contributed by atoms with Gasteiger partial charge in [-0.1, -0.05) is 25.1 Å². The zero-order chi connectivity index (χ0) is 14.2. The van der Waals surface area contributed by atoms with Crippen molar-refractivity contribution in [3.63, 3.8) is 0 Å². The molecule has 0 spiro atoms. The highest BCUT2D eigenvalue weighted by atomic mass is 16.5. The Bertz CT molecular complexity index is 543. The van der Waals surface area contributed by atoms with Crippen molar-refractivity contribution in [2.45, 2.75) is 20.4 Å². The van der Waals surface area contributed by atoms with Gasteiger partial charge < -0.3 is 14.8 Å². The number of hydrogen-bond acceptors (Lipinski definition) is 4. The molecule has 0 unspecified atom stereocenters. The second-order valence-corrected chi connectivity index (χ2v) is 4.46. The molecule has 20 heavy (non-hydrogen) atoms. The molecule has 108 valence electrons. The number of nitrogens with zero attached hydrogens (tertiary/aromatic N) is 1. The number of rotatable bonds is 8. The van der Waals surface area contributed by atoms with Gasteiger partial charge in [0, 0.05) is 24.7 Å². The van der Waals surface area contributed by atoms with Crippen molar-refractivity contribution in [1.29, 1.82) is 0 Å². The third-order valence-corrected chi connectivity index (χ3v) is 3.08. The predicted molar refractivity (Wildman–Crippen MR) is 81.1 cm³/mol. The first-order valence-corrected chi connectivity index (χ1v) is 7.14. The molecule has 1 heterocycles. The van der Waals surface area contributed by atoms with Gasteiger partial charge in [0.1, 0.15) is 6.61 Å². The van der Waals surface area contributed by atoms with E-state index >= 15 is 0 Å². The van der Waals surface area contributed by atoms with E-state index in [0.29, 0.717) is 25.7 Å². The van der Waals surface area contributed by atoms with Gasteiger partial charge in [-0.3, -0.25) is 0 Å². The van der Waals surface area contributed by atoms with Crippen molar-refractivity contribution >= 4 is 10.8 Å². The Kier molecular flexibility index (Phi) is 5.77. The third kappa shape index (κ3) is 3.68. The fraction of sp³-hybridized carbons (Fsp3) is 0.438. The van der Waals surface area contributed by atoms with Gasteiger partial charge in [0.2, 0.25) is 5.88 Å². The maximum absolute atomic E-state index is 5.72. The highest BCUT2D eigenvalue weighted by molar-refractivity contribution is 5.89. The Labute approximate surface area is 120 Å². The molecule has 2 rings (SSSR count). The minimum Gasteiger partial charge on any atom is -0.475 e. The van der Waals surface area contributed by atoms with E-state index in [4.69, 9.17) is 9.47 Å². The van der Waals surface area contributed by atoms with Gasteiger partial charge in [-0.2, -0.15) is 0 Å². The number of aromatic nitrogens is 1. The fourth-order valence-electron chi connectivity index (χ4n) is 2.08. The summed E-state index contributed by atoms with van der Waals surface area (Å²) < 4.78 is 11.0. The molecule has 0 aliphatic carbocycles. The molecule has 1 aromatic carbocycles. The molecule has 0 saturated carbocycles.